The molecular weight excluding hydrogens is 298 g/mol. The summed E-state index contributed by atoms with van der Waals surface area (Å²) in [7, 11) is 0. The van der Waals surface area contributed by atoms with Crippen LogP contribution in [0.2, 0.25) is 0 Å². The highest BCUT2D eigenvalue weighted by Crippen LogP contribution is 2.12. The summed E-state index contributed by atoms with van der Waals surface area (Å²) in [6, 6.07) is 6.02. The van der Waals surface area contributed by atoms with E-state index >= 15 is 0 Å². The molecule has 0 fully saturated rings. The third-order valence-corrected chi connectivity index (χ3v) is 2.59. The van der Waals surface area contributed by atoms with Gasteiger partial charge in [-0.1, -0.05) is 27.2 Å². The van der Waals surface area contributed by atoms with Crippen LogP contribution in [0.1, 0.15) is 26.3 Å². The Bertz CT molecular complexity index is 505. The van der Waals surface area contributed by atoms with Gasteiger partial charge in [0.05, 0.1) is 5.52 Å². The zero-order valence-electron chi connectivity index (χ0n) is 10.6. The number of benzene rings is 1. The van der Waals surface area contributed by atoms with Gasteiger partial charge in [0.1, 0.15) is 11.1 Å². The second-order valence-electron chi connectivity index (χ2n) is 4.62. The Kier molecular flexibility index (Phi) is 5.27. The maximum Gasteiger partial charge on any atom is 0.293 e. The van der Waals surface area contributed by atoms with Crippen molar-refractivity contribution in [2.75, 3.05) is 0 Å². The number of nitrogens with zero attached hydrogens (tertiary/aromatic N) is 2. The van der Waals surface area contributed by atoms with Gasteiger partial charge in [-0.2, -0.15) is 0 Å². The summed E-state index contributed by atoms with van der Waals surface area (Å²) < 4.78 is 4.55. The van der Waals surface area contributed by atoms with Gasteiger partial charge in [0.2, 0.25) is 0 Å². The summed E-state index contributed by atoms with van der Waals surface area (Å²) in [5.74, 6) is 0. The molecule has 0 atom stereocenters. The van der Waals surface area contributed by atoms with Crippen molar-refractivity contribution in [2.24, 2.45) is 0 Å². The molecule has 0 unspecified atom stereocenters. The Labute approximate surface area is 114 Å². The lowest BCUT2D eigenvalue weighted by atomic mass is 10.2. The van der Waals surface area contributed by atoms with Crippen LogP contribution in [0.15, 0.2) is 18.2 Å². The topological polar surface area (TPSA) is 67.9 Å². The number of halogens is 1. The average molecular weight is 314 g/mol. The van der Waals surface area contributed by atoms with Gasteiger partial charge in [0, 0.05) is 5.33 Å². The number of fused-ring (bicyclic) bond motifs is 1. The van der Waals surface area contributed by atoms with E-state index in [0.29, 0.717) is 6.47 Å². The van der Waals surface area contributed by atoms with E-state index in [1.54, 1.807) is 0 Å². The quantitative estimate of drug-likeness (QED) is 0.684. The van der Waals surface area contributed by atoms with E-state index in [0.717, 1.165) is 16.4 Å². The first-order valence-corrected chi connectivity index (χ1v) is 6.55. The number of H-pyrrole nitrogens is 1. The molecule has 0 saturated heterocycles. The third-order valence-electron chi connectivity index (χ3n) is 1.95. The van der Waals surface area contributed by atoms with E-state index in [2.05, 4.69) is 36.1 Å². The second-order valence-corrected chi connectivity index (χ2v) is 5.18. The van der Waals surface area contributed by atoms with Crippen molar-refractivity contribution in [1.82, 2.24) is 15.4 Å². The van der Waals surface area contributed by atoms with Gasteiger partial charge in [-0.3, -0.25) is 9.89 Å². The predicted octanol–water partition coefficient (Wildman–Crippen LogP) is 2.81. The van der Waals surface area contributed by atoms with Crippen molar-refractivity contribution in [3.63, 3.8) is 0 Å². The number of nitrogens with one attached hydrogen (secondary N) is 1. The van der Waals surface area contributed by atoms with E-state index < -0.39 is 0 Å². The monoisotopic (exact) mass is 313 g/mol. The minimum absolute atomic E-state index is 0.318. The first kappa shape index (κ1) is 14.6. The van der Waals surface area contributed by atoms with Crippen LogP contribution in [-0.2, 0) is 14.9 Å². The number of aromatic nitrogens is 3. The molecule has 1 aromatic carbocycles. The fourth-order valence-electron chi connectivity index (χ4n) is 1.11. The van der Waals surface area contributed by atoms with E-state index in [1.165, 1.54) is 5.56 Å². The van der Waals surface area contributed by atoms with Crippen LogP contribution in [0, 0.1) is 0 Å². The van der Waals surface area contributed by atoms with Crippen LogP contribution in [0.25, 0.3) is 11.0 Å². The third kappa shape index (κ3) is 4.83. The van der Waals surface area contributed by atoms with Crippen molar-refractivity contribution in [3.8, 4) is 0 Å². The summed E-state index contributed by atoms with van der Waals surface area (Å²) in [6.07, 6.45) is 0. The van der Waals surface area contributed by atoms with Gasteiger partial charge in [0.15, 0.2) is 0 Å². The zero-order chi connectivity index (χ0) is 13.6. The number of carbonyl (C=O) groups is 1. The Balaban J connectivity index is 0.000000203. The summed E-state index contributed by atoms with van der Waals surface area (Å²) in [6.45, 7) is 5.92. The lowest BCUT2D eigenvalue weighted by Crippen LogP contribution is -2.17. The maximum absolute atomic E-state index is 9.60. The SMILES string of the molecule is BrCc1ccc2[nH]nnc2c1.CC(C)(C)OC=O. The van der Waals surface area contributed by atoms with Gasteiger partial charge < -0.3 is 4.74 Å². The Hall–Kier alpha value is -1.43. The van der Waals surface area contributed by atoms with Gasteiger partial charge in [-0.15, -0.1) is 5.10 Å². The minimum Gasteiger partial charge on any atom is -0.462 e. The van der Waals surface area contributed by atoms with Crippen LogP contribution in [0.3, 0.4) is 0 Å². The predicted molar refractivity (Wildman–Crippen MR) is 73.4 cm³/mol. The number of carbonyl (C=O) groups excluding carboxylic acids is 1. The number of rotatable bonds is 2. The molecule has 5 nitrogen and oxygen atoms in total. The molecule has 0 amide bonds. The normalized spacial score (nSPS) is 10.7. The van der Waals surface area contributed by atoms with E-state index in [9.17, 15) is 4.79 Å². The van der Waals surface area contributed by atoms with Gasteiger partial charge in [0.25, 0.3) is 6.47 Å². The number of hydrogen-bond acceptors (Lipinski definition) is 4. The van der Waals surface area contributed by atoms with Crippen molar-refractivity contribution in [2.45, 2.75) is 31.7 Å². The van der Waals surface area contributed by atoms with Crippen LogP contribution in [-0.4, -0.2) is 27.5 Å². The van der Waals surface area contributed by atoms with E-state index in [4.69, 9.17) is 0 Å². The molecule has 18 heavy (non-hydrogen) atoms. The molecule has 0 aliphatic rings. The molecule has 0 bridgehead atoms. The molecular formula is C12H16BrN3O2. The largest absolute Gasteiger partial charge is 0.462 e. The molecule has 6 heteroatoms. The molecule has 1 heterocycles. The number of ether oxygens (including phenoxy) is 1. The van der Waals surface area contributed by atoms with Crippen molar-refractivity contribution in [1.29, 1.82) is 0 Å². The Morgan fingerprint density at radius 1 is 1.44 bits per heavy atom. The van der Waals surface area contributed by atoms with Crippen molar-refractivity contribution in [3.05, 3.63) is 23.8 Å². The first-order valence-electron chi connectivity index (χ1n) is 5.43. The second kappa shape index (κ2) is 6.49. The van der Waals surface area contributed by atoms with Crippen molar-refractivity contribution >= 4 is 33.4 Å². The Morgan fingerprint density at radius 2 is 2.17 bits per heavy atom. The molecule has 2 rings (SSSR count). The molecule has 0 spiro atoms. The number of hydrogen-bond donors (Lipinski definition) is 1. The van der Waals surface area contributed by atoms with Crippen LogP contribution >= 0.6 is 15.9 Å². The number of aromatic amines is 1. The van der Waals surface area contributed by atoms with Crippen LogP contribution < -0.4 is 0 Å². The fraction of sp³-hybridized carbons (Fsp3) is 0.417. The average Bonchev–Trinajstić information content (AvgIpc) is 2.74. The molecule has 1 N–H and O–H groups in total. The highest BCUT2D eigenvalue weighted by Gasteiger charge is 2.07. The van der Waals surface area contributed by atoms with Gasteiger partial charge in [-0.05, 0) is 38.5 Å². The molecule has 98 valence electrons. The first-order chi connectivity index (χ1) is 8.46. The molecule has 0 saturated carbocycles. The summed E-state index contributed by atoms with van der Waals surface area (Å²) in [5, 5.41) is 11.2. The maximum atomic E-state index is 9.60. The molecule has 0 aliphatic heterocycles. The molecule has 2 aromatic rings. The minimum atomic E-state index is -0.318. The van der Waals surface area contributed by atoms with Gasteiger partial charge >= 0.3 is 0 Å². The summed E-state index contributed by atoms with van der Waals surface area (Å²) in [4.78, 5) is 9.60. The Morgan fingerprint density at radius 3 is 2.67 bits per heavy atom. The highest BCUT2D eigenvalue weighted by atomic mass is 79.9. The zero-order valence-corrected chi connectivity index (χ0v) is 12.2. The lowest BCUT2D eigenvalue weighted by Gasteiger charge is -2.14. The molecule has 0 aliphatic carbocycles. The molecule has 0 radical (unpaired) electrons. The van der Waals surface area contributed by atoms with E-state index in [1.807, 2.05) is 39.0 Å². The smallest absolute Gasteiger partial charge is 0.293 e. The van der Waals surface area contributed by atoms with E-state index in [-0.39, 0.29) is 5.60 Å². The highest BCUT2D eigenvalue weighted by molar-refractivity contribution is 9.08. The van der Waals surface area contributed by atoms with Gasteiger partial charge in [-0.25, -0.2) is 0 Å². The molecule has 1 aromatic heterocycles. The fourth-order valence-corrected chi connectivity index (χ4v) is 1.46. The van der Waals surface area contributed by atoms with Crippen LogP contribution in [0.5, 0.6) is 0 Å². The lowest BCUT2D eigenvalue weighted by molar-refractivity contribution is -0.138. The van der Waals surface area contributed by atoms with Crippen LogP contribution in [0.4, 0.5) is 0 Å². The summed E-state index contributed by atoms with van der Waals surface area (Å²) >= 11 is 3.37. The summed E-state index contributed by atoms with van der Waals surface area (Å²) in [5.41, 5.74) is 2.80. The standard InChI is InChI=1S/C7H6BrN3.C5H10O2/c8-4-5-1-2-6-7(3-5)10-11-9-6;1-5(2,3)7-4-6/h1-3H,4H2,(H,9,10,11);4H,1-3H3. The number of alkyl halides is 1. The van der Waals surface area contributed by atoms with Crippen molar-refractivity contribution < 1.29 is 9.53 Å².